The maximum atomic E-state index is 12.7. The van der Waals surface area contributed by atoms with Crippen LogP contribution in [0, 0.1) is 0 Å². The summed E-state index contributed by atoms with van der Waals surface area (Å²) in [5.74, 6) is 1.06. The third-order valence-corrected chi connectivity index (χ3v) is 4.18. The van der Waals surface area contributed by atoms with Crippen molar-refractivity contribution in [3.63, 3.8) is 0 Å². The van der Waals surface area contributed by atoms with Crippen LogP contribution in [-0.2, 0) is 9.53 Å². The van der Waals surface area contributed by atoms with E-state index in [1.54, 1.807) is 42.7 Å². The van der Waals surface area contributed by atoms with Crippen molar-refractivity contribution in [2.24, 2.45) is 0 Å². The molecule has 2 aromatic rings. The molecule has 28 heavy (non-hydrogen) atoms. The van der Waals surface area contributed by atoms with Crippen molar-refractivity contribution in [2.75, 3.05) is 11.9 Å². The van der Waals surface area contributed by atoms with Gasteiger partial charge < -0.3 is 14.8 Å². The van der Waals surface area contributed by atoms with Crippen LogP contribution in [0.4, 0.5) is 10.5 Å². The molecule has 1 aromatic heterocycles. The van der Waals surface area contributed by atoms with E-state index in [4.69, 9.17) is 9.47 Å². The average molecular weight is 383 g/mol. The lowest BCUT2D eigenvalue weighted by Gasteiger charge is -2.28. The lowest BCUT2D eigenvalue weighted by molar-refractivity contribution is -0.120. The highest BCUT2D eigenvalue weighted by atomic mass is 16.6. The number of hydrogen-bond acceptors (Lipinski definition) is 5. The van der Waals surface area contributed by atoms with Crippen molar-refractivity contribution in [1.82, 2.24) is 9.88 Å². The van der Waals surface area contributed by atoms with E-state index in [1.165, 1.54) is 4.90 Å². The molecule has 2 heterocycles. The Hall–Kier alpha value is -3.09. The summed E-state index contributed by atoms with van der Waals surface area (Å²) in [6.45, 7) is 5.95. The van der Waals surface area contributed by atoms with Crippen molar-refractivity contribution < 1.29 is 19.1 Å². The van der Waals surface area contributed by atoms with Crippen LogP contribution >= 0.6 is 0 Å². The first-order chi connectivity index (χ1) is 13.3. The number of nitrogens with zero attached hydrogens (tertiary/aromatic N) is 2. The Morgan fingerprint density at radius 1 is 1.14 bits per heavy atom. The van der Waals surface area contributed by atoms with E-state index >= 15 is 0 Å². The summed E-state index contributed by atoms with van der Waals surface area (Å²) in [5.41, 5.74) is 0.0460. The molecule has 1 fully saturated rings. The van der Waals surface area contributed by atoms with Gasteiger partial charge in [0.25, 0.3) is 0 Å². The number of pyridine rings is 1. The molecular weight excluding hydrogens is 358 g/mol. The van der Waals surface area contributed by atoms with Crippen molar-refractivity contribution in [3.8, 4) is 11.5 Å². The van der Waals surface area contributed by atoms with Gasteiger partial charge in [0, 0.05) is 18.4 Å². The predicted octanol–water partition coefficient (Wildman–Crippen LogP) is 4.21. The first-order valence-electron chi connectivity index (χ1n) is 9.30. The van der Waals surface area contributed by atoms with E-state index in [1.807, 2.05) is 26.8 Å². The fourth-order valence-electron chi connectivity index (χ4n) is 2.95. The van der Waals surface area contributed by atoms with E-state index < -0.39 is 17.7 Å². The topological polar surface area (TPSA) is 80.8 Å². The summed E-state index contributed by atoms with van der Waals surface area (Å²) >= 11 is 0. The number of ether oxygens (including phenoxy) is 2. The van der Waals surface area contributed by atoms with Gasteiger partial charge in [-0.1, -0.05) is 0 Å². The average Bonchev–Trinajstić information content (AvgIpc) is 3.13. The number of aromatic nitrogens is 1. The summed E-state index contributed by atoms with van der Waals surface area (Å²) in [5, 5.41) is 2.87. The van der Waals surface area contributed by atoms with Gasteiger partial charge in [-0.05, 0) is 70.0 Å². The number of hydrogen-bond donors (Lipinski definition) is 1. The Morgan fingerprint density at radius 2 is 1.89 bits per heavy atom. The van der Waals surface area contributed by atoms with Crippen molar-refractivity contribution >= 4 is 17.7 Å². The predicted molar refractivity (Wildman–Crippen MR) is 105 cm³/mol. The summed E-state index contributed by atoms with van der Waals surface area (Å²) in [7, 11) is 0. The summed E-state index contributed by atoms with van der Waals surface area (Å²) < 4.78 is 11.1. The van der Waals surface area contributed by atoms with E-state index in [0.717, 1.165) is 6.42 Å². The second-order valence-corrected chi connectivity index (χ2v) is 7.64. The maximum Gasteiger partial charge on any atom is 0.410 e. The van der Waals surface area contributed by atoms with Crippen LogP contribution < -0.4 is 10.1 Å². The minimum Gasteiger partial charge on any atom is -0.456 e. The second-order valence-electron chi connectivity index (χ2n) is 7.64. The van der Waals surface area contributed by atoms with Crippen LogP contribution in [0.15, 0.2) is 48.8 Å². The molecule has 0 aliphatic carbocycles. The van der Waals surface area contributed by atoms with E-state index in [9.17, 15) is 9.59 Å². The number of carbonyl (C=O) groups excluding carboxylic acids is 2. The van der Waals surface area contributed by atoms with Gasteiger partial charge in [0.15, 0.2) is 0 Å². The Bertz CT molecular complexity index is 816. The highest BCUT2D eigenvalue weighted by Gasteiger charge is 2.36. The largest absolute Gasteiger partial charge is 0.456 e. The minimum atomic E-state index is -0.592. The molecule has 148 valence electrons. The highest BCUT2D eigenvalue weighted by molar-refractivity contribution is 5.96. The molecule has 0 spiro atoms. The van der Waals surface area contributed by atoms with Crippen LogP contribution in [0.5, 0.6) is 11.5 Å². The van der Waals surface area contributed by atoms with Gasteiger partial charge in [-0.3, -0.25) is 14.7 Å². The smallest absolute Gasteiger partial charge is 0.410 e. The Labute approximate surface area is 164 Å². The van der Waals surface area contributed by atoms with Gasteiger partial charge in [-0.25, -0.2) is 4.79 Å². The number of carbonyl (C=O) groups is 2. The molecule has 1 N–H and O–H groups in total. The molecule has 0 bridgehead atoms. The molecule has 7 nitrogen and oxygen atoms in total. The number of anilines is 1. The van der Waals surface area contributed by atoms with Crippen LogP contribution in [0.2, 0.25) is 0 Å². The van der Waals surface area contributed by atoms with Gasteiger partial charge in [-0.2, -0.15) is 0 Å². The molecule has 2 amide bonds. The fourth-order valence-corrected chi connectivity index (χ4v) is 2.95. The van der Waals surface area contributed by atoms with Gasteiger partial charge >= 0.3 is 6.09 Å². The normalized spacial score (nSPS) is 16.5. The zero-order valence-corrected chi connectivity index (χ0v) is 16.3. The lowest BCUT2D eigenvalue weighted by Crippen LogP contribution is -2.45. The monoisotopic (exact) mass is 383 g/mol. The van der Waals surface area contributed by atoms with Gasteiger partial charge in [0.2, 0.25) is 5.91 Å². The standard InChI is InChI=1S/C21H25N3O4/c1-21(2,3)28-20(26)24-13-5-7-18(24)19(25)23-15-8-10-16(11-9-15)27-17-6-4-12-22-14-17/h4,6,8-12,14,18H,5,7,13H2,1-3H3,(H,23,25)/t18-/m0/s1. The highest BCUT2D eigenvalue weighted by Crippen LogP contribution is 2.24. The third kappa shape index (κ3) is 5.22. The SMILES string of the molecule is CC(C)(C)OC(=O)N1CCC[C@H]1C(=O)Nc1ccc(Oc2cccnc2)cc1. The number of likely N-dealkylation sites (tertiary alicyclic amines) is 1. The van der Waals surface area contributed by atoms with Crippen LogP contribution in [-0.4, -0.2) is 40.1 Å². The Balaban J connectivity index is 1.60. The molecule has 1 aromatic carbocycles. The van der Waals surface area contributed by atoms with Crippen LogP contribution in [0.25, 0.3) is 0 Å². The van der Waals surface area contributed by atoms with Gasteiger partial charge in [-0.15, -0.1) is 0 Å². The molecule has 1 atom stereocenters. The number of nitrogens with one attached hydrogen (secondary N) is 1. The third-order valence-electron chi connectivity index (χ3n) is 4.18. The summed E-state index contributed by atoms with van der Waals surface area (Å²) in [6.07, 6.45) is 4.24. The van der Waals surface area contributed by atoms with Crippen LogP contribution in [0.3, 0.4) is 0 Å². The van der Waals surface area contributed by atoms with Gasteiger partial charge in [0.05, 0.1) is 6.20 Å². The molecule has 3 rings (SSSR count). The molecular formula is C21H25N3O4. The molecule has 0 saturated carbocycles. The van der Waals surface area contributed by atoms with Crippen LogP contribution in [0.1, 0.15) is 33.6 Å². The second kappa shape index (κ2) is 8.29. The van der Waals surface area contributed by atoms with Gasteiger partial charge in [0.1, 0.15) is 23.1 Å². The zero-order chi connectivity index (χ0) is 20.1. The summed E-state index contributed by atoms with van der Waals surface area (Å²) in [4.78, 5) is 30.5. The number of benzene rings is 1. The first kappa shape index (κ1) is 19.7. The molecule has 0 unspecified atom stereocenters. The number of rotatable bonds is 4. The van der Waals surface area contributed by atoms with E-state index in [2.05, 4.69) is 10.3 Å². The number of amides is 2. The van der Waals surface area contributed by atoms with E-state index in [-0.39, 0.29) is 5.91 Å². The quantitative estimate of drug-likeness (QED) is 0.855. The van der Waals surface area contributed by atoms with Crippen molar-refractivity contribution in [1.29, 1.82) is 0 Å². The van der Waals surface area contributed by atoms with E-state index in [0.29, 0.717) is 30.2 Å². The first-order valence-corrected chi connectivity index (χ1v) is 9.30. The van der Waals surface area contributed by atoms with Crippen molar-refractivity contribution in [2.45, 2.75) is 45.3 Å². The molecule has 0 radical (unpaired) electrons. The molecule has 1 aliphatic rings. The Morgan fingerprint density at radius 3 is 2.54 bits per heavy atom. The lowest BCUT2D eigenvalue weighted by atomic mass is 10.2. The molecule has 7 heteroatoms. The molecule has 1 aliphatic heterocycles. The Kier molecular flexibility index (Phi) is 5.82. The molecule has 1 saturated heterocycles. The zero-order valence-electron chi connectivity index (χ0n) is 16.3. The fraction of sp³-hybridized carbons (Fsp3) is 0.381. The maximum absolute atomic E-state index is 12.7. The summed E-state index contributed by atoms with van der Waals surface area (Å²) in [6, 6.07) is 10.1. The van der Waals surface area contributed by atoms with Crippen molar-refractivity contribution in [3.05, 3.63) is 48.8 Å². The minimum absolute atomic E-state index is 0.218.